The van der Waals surface area contributed by atoms with Gasteiger partial charge in [0.2, 0.25) is 0 Å². The molecule has 2 rings (SSSR count). The molecular formula is C14H17N5O. The number of nitrogen functional groups attached to an aromatic ring is 1. The highest BCUT2D eigenvalue weighted by molar-refractivity contribution is 5.96. The Hall–Kier alpha value is -2.50. The molecule has 0 aliphatic carbocycles. The van der Waals surface area contributed by atoms with Gasteiger partial charge in [-0.2, -0.15) is 0 Å². The Morgan fingerprint density at radius 1 is 1.35 bits per heavy atom. The van der Waals surface area contributed by atoms with Crippen LogP contribution in [-0.4, -0.2) is 20.9 Å². The summed E-state index contributed by atoms with van der Waals surface area (Å²) in [5.41, 5.74) is 7.23. The molecule has 3 N–H and O–H groups in total. The molecule has 2 heterocycles. The number of rotatable bonds is 4. The molecule has 0 saturated carbocycles. The fourth-order valence-corrected chi connectivity index (χ4v) is 1.63. The van der Waals surface area contributed by atoms with Crippen LogP contribution in [-0.2, 0) is 6.54 Å². The van der Waals surface area contributed by atoms with Gasteiger partial charge in [-0.3, -0.25) is 9.78 Å². The van der Waals surface area contributed by atoms with Gasteiger partial charge in [-0.25, -0.2) is 9.97 Å². The Labute approximate surface area is 117 Å². The maximum atomic E-state index is 12.1. The van der Waals surface area contributed by atoms with E-state index in [0.29, 0.717) is 12.4 Å². The van der Waals surface area contributed by atoms with Crippen LogP contribution in [0.15, 0.2) is 30.7 Å². The fraction of sp³-hybridized carbons (Fsp3) is 0.286. The number of amides is 1. The van der Waals surface area contributed by atoms with Gasteiger partial charge in [0.1, 0.15) is 5.82 Å². The van der Waals surface area contributed by atoms with Crippen LogP contribution >= 0.6 is 0 Å². The molecule has 0 aliphatic rings. The van der Waals surface area contributed by atoms with Crippen LogP contribution in [0.4, 0.5) is 5.69 Å². The number of nitrogens with zero attached hydrogens (tertiary/aromatic N) is 3. The number of nitrogens with one attached hydrogen (secondary N) is 1. The molecule has 0 bridgehead atoms. The van der Waals surface area contributed by atoms with E-state index in [1.807, 2.05) is 26.0 Å². The molecule has 0 spiro atoms. The number of carbonyl (C=O) groups is 1. The normalized spacial score (nSPS) is 10.6. The summed E-state index contributed by atoms with van der Waals surface area (Å²) in [6.07, 6.45) is 4.83. The number of carbonyl (C=O) groups excluding carboxylic acids is 1. The summed E-state index contributed by atoms with van der Waals surface area (Å²) in [6, 6.07) is 3.67. The zero-order valence-corrected chi connectivity index (χ0v) is 11.5. The monoisotopic (exact) mass is 271 g/mol. The minimum atomic E-state index is -0.302. The lowest BCUT2D eigenvalue weighted by Gasteiger charge is -2.09. The zero-order chi connectivity index (χ0) is 14.5. The smallest absolute Gasteiger partial charge is 0.272 e. The second-order valence-electron chi connectivity index (χ2n) is 4.72. The zero-order valence-electron chi connectivity index (χ0n) is 11.5. The average Bonchev–Trinajstić information content (AvgIpc) is 2.46. The Balaban J connectivity index is 2.11. The lowest BCUT2D eigenvalue weighted by molar-refractivity contribution is 0.0946. The molecule has 0 atom stereocenters. The summed E-state index contributed by atoms with van der Waals surface area (Å²) in [7, 11) is 0. The number of hydrogen-bond donors (Lipinski definition) is 2. The maximum absolute atomic E-state index is 12.1. The van der Waals surface area contributed by atoms with Crippen molar-refractivity contribution in [3.8, 4) is 0 Å². The predicted molar refractivity (Wildman–Crippen MR) is 75.9 cm³/mol. The van der Waals surface area contributed by atoms with Crippen molar-refractivity contribution in [2.24, 2.45) is 0 Å². The molecule has 2 aromatic heterocycles. The third-order valence-corrected chi connectivity index (χ3v) is 2.77. The standard InChI is InChI=1S/C14H17N5O/c1-9(2)13-17-8-11(15)12(19-13)14(20)18-7-10-3-5-16-6-4-10/h3-6,8-9H,7,15H2,1-2H3,(H,18,20). The van der Waals surface area contributed by atoms with Crippen LogP contribution in [0.3, 0.4) is 0 Å². The van der Waals surface area contributed by atoms with Gasteiger partial charge in [0.05, 0.1) is 11.9 Å². The summed E-state index contributed by atoms with van der Waals surface area (Å²) >= 11 is 0. The minimum Gasteiger partial charge on any atom is -0.396 e. The van der Waals surface area contributed by atoms with Crippen LogP contribution in [0.25, 0.3) is 0 Å². The van der Waals surface area contributed by atoms with E-state index >= 15 is 0 Å². The molecule has 0 aromatic carbocycles. The molecule has 0 aliphatic heterocycles. The van der Waals surface area contributed by atoms with E-state index in [-0.39, 0.29) is 23.2 Å². The van der Waals surface area contributed by atoms with Gasteiger partial charge in [0.15, 0.2) is 5.69 Å². The van der Waals surface area contributed by atoms with Gasteiger partial charge in [0.25, 0.3) is 5.91 Å². The lowest BCUT2D eigenvalue weighted by atomic mass is 10.2. The predicted octanol–water partition coefficient (Wildman–Crippen LogP) is 1.51. The molecular weight excluding hydrogens is 254 g/mol. The van der Waals surface area contributed by atoms with E-state index in [1.165, 1.54) is 6.20 Å². The Morgan fingerprint density at radius 3 is 2.70 bits per heavy atom. The number of hydrogen-bond acceptors (Lipinski definition) is 5. The van der Waals surface area contributed by atoms with Crippen LogP contribution in [0.5, 0.6) is 0 Å². The number of nitrogens with two attached hydrogens (primary N) is 1. The summed E-state index contributed by atoms with van der Waals surface area (Å²) in [6.45, 7) is 4.33. The third kappa shape index (κ3) is 3.28. The van der Waals surface area contributed by atoms with Crippen molar-refractivity contribution in [1.82, 2.24) is 20.3 Å². The highest BCUT2D eigenvalue weighted by atomic mass is 16.1. The van der Waals surface area contributed by atoms with E-state index in [2.05, 4.69) is 20.3 Å². The average molecular weight is 271 g/mol. The van der Waals surface area contributed by atoms with Crippen molar-refractivity contribution in [3.05, 3.63) is 47.8 Å². The van der Waals surface area contributed by atoms with Gasteiger partial charge in [-0.1, -0.05) is 13.8 Å². The molecule has 0 saturated heterocycles. The fourth-order valence-electron chi connectivity index (χ4n) is 1.63. The van der Waals surface area contributed by atoms with E-state index in [9.17, 15) is 4.79 Å². The molecule has 0 fully saturated rings. The molecule has 0 radical (unpaired) electrons. The van der Waals surface area contributed by atoms with E-state index < -0.39 is 0 Å². The molecule has 0 unspecified atom stereocenters. The highest BCUT2D eigenvalue weighted by Crippen LogP contribution is 2.13. The summed E-state index contributed by atoms with van der Waals surface area (Å²) in [4.78, 5) is 24.4. The van der Waals surface area contributed by atoms with E-state index in [4.69, 9.17) is 5.73 Å². The first kappa shape index (κ1) is 13.9. The first-order valence-electron chi connectivity index (χ1n) is 6.37. The highest BCUT2D eigenvalue weighted by Gasteiger charge is 2.14. The summed E-state index contributed by atoms with van der Waals surface area (Å²) in [5, 5.41) is 2.79. The van der Waals surface area contributed by atoms with Gasteiger partial charge in [0, 0.05) is 24.9 Å². The van der Waals surface area contributed by atoms with Crippen molar-refractivity contribution in [2.75, 3.05) is 5.73 Å². The van der Waals surface area contributed by atoms with Gasteiger partial charge < -0.3 is 11.1 Å². The summed E-state index contributed by atoms with van der Waals surface area (Å²) < 4.78 is 0. The van der Waals surface area contributed by atoms with Crippen molar-refractivity contribution in [2.45, 2.75) is 26.3 Å². The van der Waals surface area contributed by atoms with Crippen LogP contribution < -0.4 is 11.1 Å². The maximum Gasteiger partial charge on any atom is 0.272 e. The Bertz CT molecular complexity index is 598. The van der Waals surface area contributed by atoms with Crippen molar-refractivity contribution in [1.29, 1.82) is 0 Å². The van der Waals surface area contributed by atoms with Gasteiger partial charge >= 0.3 is 0 Å². The second kappa shape index (κ2) is 6.10. The largest absolute Gasteiger partial charge is 0.396 e. The van der Waals surface area contributed by atoms with E-state index in [0.717, 1.165) is 5.56 Å². The van der Waals surface area contributed by atoms with Crippen LogP contribution in [0.1, 0.15) is 41.6 Å². The molecule has 6 heteroatoms. The quantitative estimate of drug-likeness (QED) is 0.879. The molecule has 6 nitrogen and oxygen atoms in total. The molecule has 20 heavy (non-hydrogen) atoms. The van der Waals surface area contributed by atoms with Crippen LogP contribution in [0, 0.1) is 0 Å². The van der Waals surface area contributed by atoms with Gasteiger partial charge in [-0.15, -0.1) is 0 Å². The second-order valence-corrected chi connectivity index (χ2v) is 4.72. The van der Waals surface area contributed by atoms with E-state index in [1.54, 1.807) is 12.4 Å². The number of aromatic nitrogens is 3. The van der Waals surface area contributed by atoms with Crippen molar-refractivity contribution in [3.63, 3.8) is 0 Å². The first-order chi connectivity index (χ1) is 9.58. The van der Waals surface area contributed by atoms with Crippen molar-refractivity contribution >= 4 is 11.6 Å². The number of pyridine rings is 1. The molecule has 104 valence electrons. The first-order valence-corrected chi connectivity index (χ1v) is 6.37. The third-order valence-electron chi connectivity index (χ3n) is 2.77. The van der Waals surface area contributed by atoms with Crippen molar-refractivity contribution < 1.29 is 4.79 Å². The lowest BCUT2D eigenvalue weighted by Crippen LogP contribution is -2.25. The van der Waals surface area contributed by atoms with Crippen LogP contribution in [0.2, 0.25) is 0 Å². The van der Waals surface area contributed by atoms with Gasteiger partial charge in [-0.05, 0) is 17.7 Å². The summed E-state index contributed by atoms with van der Waals surface area (Å²) in [5.74, 6) is 0.444. The minimum absolute atomic E-state index is 0.141. The number of anilines is 1. The molecule has 2 aromatic rings. The topological polar surface area (TPSA) is 93.8 Å². The Morgan fingerprint density at radius 2 is 2.05 bits per heavy atom. The molecule has 1 amide bonds. The Kier molecular flexibility index (Phi) is 4.24. The SMILES string of the molecule is CC(C)c1ncc(N)c(C(=O)NCc2ccncc2)n1.